The number of rotatable bonds is 3. The number of carbonyl (C=O) groups excluding carboxylic acids is 3. The Hall–Kier alpha value is -3.00. The molecule has 1 aliphatic carbocycles. The van der Waals surface area contributed by atoms with Crippen LogP contribution in [0.5, 0.6) is 0 Å². The average Bonchev–Trinajstić information content (AvgIpc) is 3.62. The quantitative estimate of drug-likeness (QED) is 0.648. The number of aryl methyl sites for hydroxylation is 1. The fraction of sp³-hybridized carbons (Fsp3) is 0.261. The van der Waals surface area contributed by atoms with E-state index in [0.29, 0.717) is 26.9 Å². The summed E-state index contributed by atoms with van der Waals surface area (Å²) in [4.78, 5) is 39.4. The van der Waals surface area contributed by atoms with Crippen LogP contribution in [0.1, 0.15) is 40.7 Å². The lowest BCUT2D eigenvalue weighted by Crippen LogP contribution is -2.43. The minimum atomic E-state index is -0.445. The molecular formula is C23H21BrFN3O3. The van der Waals surface area contributed by atoms with Gasteiger partial charge in [-0.05, 0) is 65.9 Å². The van der Waals surface area contributed by atoms with Crippen molar-refractivity contribution in [3.63, 3.8) is 0 Å². The Morgan fingerprint density at radius 1 is 1.10 bits per heavy atom. The Morgan fingerprint density at radius 2 is 1.84 bits per heavy atom. The van der Waals surface area contributed by atoms with Gasteiger partial charge in [-0.1, -0.05) is 24.3 Å². The third kappa shape index (κ3) is 4.39. The summed E-state index contributed by atoms with van der Waals surface area (Å²) in [6.07, 6.45) is 1.91. The number of benzene rings is 2. The van der Waals surface area contributed by atoms with Crippen LogP contribution in [0.3, 0.4) is 0 Å². The van der Waals surface area contributed by atoms with Crippen molar-refractivity contribution in [3.05, 3.63) is 70.5 Å². The highest BCUT2D eigenvalue weighted by molar-refractivity contribution is 9.15. The molecular weight excluding hydrogens is 465 g/mol. The van der Waals surface area contributed by atoms with Crippen molar-refractivity contribution in [1.29, 1.82) is 0 Å². The number of carbonyl (C=O) groups is 3. The fourth-order valence-electron chi connectivity index (χ4n) is 3.46. The second kappa shape index (κ2) is 8.63. The summed E-state index contributed by atoms with van der Waals surface area (Å²) in [7, 11) is 0. The first kappa shape index (κ1) is 21.2. The summed E-state index contributed by atoms with van der Waals surface area (Å²) in [5.74, 6) is -1.46. The molecule has 0 unspecified atom stereocenters. The smallest absolute Gasteiger partial charge is 0.266 e. The zero-order valence-corrected chi connectivity index (χ0v) is 18.5. The van der Waals surface area contributed by atoms with E-state index in [0.717, 1.165) is 12.8 Å². The van der Waals surface area contributed by atoms with E-state index in [1.165, 1.54) is 6.07 Å². The van der Waals surface area contributed by atoms with E-state index in [-0.39, 0.29) is 36.3 Å². The van der Waals surface area contributed by atoms with Crippen LogP contribution in [0.15, 0.2) is 48.0 Å². The first-order valence-electron chi connectivity index (χ1n) is 10.0. The number of fused-ring (bicyclic) bond motifs is 1. The van der Waals surface area contributed by atoms with Gasteiger partial charge in [0.25, 0.3) is 11.8 Å². The molecule has 8 heteroatoms. The number of hydrogen-bond acceptors (Lipinski definition) is 3. The molecule has 0 bridgehead atoms. The number of hydrazine groups is 1. The summed E-state index contributed by atoms with van der Waals surface area (Å²) >= 11 is 3.51. The standard InChI is InChI=1S/C23H21BrFN3O3/c1-13-6-7-15(12-18(13)25)23(31)28-11-10-17(20(24)16-4-2-3-5-19(16)28)22(30)27-26-21(29)14-8-9-14/h2-7,12,14H,8-11H2,1H3,(H,26,29)(H,27,30). The van der Waals surface area contributed by atoms with Crippen LogP contribution in [0.2, 0.25) is 0 Å². The molecule has 1 aliphatic heterocycles. The SMILES string of the molecule is Cc1ccc(C(=O)N2CCC(C(=O)NNC(=O)C3CC3)=C(Br)c3ccccc32)cc1F. The first-order chi connectivity index (χ1) is 14.9. The van der Waals surface area contributed by atoms with E-state index in [9.17, 15) is 18.8 Å². The molecule has 160 valence electrons. The highest BCUT2D eigenvalue weighted by Gasteiger charge is 2.31. The molecule has 2 aromatic rings. The van der Waals surface area contributed by atoms with E-state index < -0.39 is 11.7 Å². The van der Waals surface area contributed by atoms with Gasteiger partial charge in [0.2, 0.25) is 5.91 Å². The van der Waals surface area contributed by atoms with Crippen molar-refractivity contribution >= 4 is 43.8 Å². The van der Waals surface area contributed by atoms with Crippen molar-refractivity contribution in [2.45, 2.75) is 26.2 Å². The topological polar surface area (TPSA) is 78.5 Å². The van der Waals surface area contributed by atoms with Gasteiger partial charge in [-0.2, -0.15) is 0 Å². The van der Waals surface area contributed by atoms with Crippen LogP contribution in [-0.2, 0) is 9.59 Å². The molecule has 0 spiro atoms. The molecule has 0 radical (unpaired) electrons. The Labute approximate surface area is 187 Å². The molecule has 4 rings (SSSR count). The van der Waals surface area contributed by atoms with Crippen molar-refractivity contribution in [2.24, 2.45) is 5.92 Å². The highest BCUT2D eigenvalue weighted by Crippen LogP contribution is 2.38. The molecule has 2 N–H and O–H groups in total. The van der Waals surface area contributed by atoms with Crippen LogP contribution in [0.25, 0.3) is 4.48 Å². The normalized spacial score (nSPS) is 15.8. The van der Waals surface area contributed by atoms with Crippen LogP contribution in [0.4, 0.5) is 10.1 Å². The predicted molar refractivity (Wildman–Crippen MR) is 119 cm³/mol. The average molecular weight is 486 g/mol. The lowest BCUT2D eigenvalue weighted by molar-refractivity contribution is -0.128. The summed E-state index contributed by atoms with van der Waals surface area (Å²) in [6.45, 7) is 1.86. The molecule has 1 heterocycles. The number of nitrogens with one attached hydrogen (secondary N) is 2. The largest absolute Gasteiger partial charge is 0.307 e. The minimum absolute atomic E-state index is 0.0319. The van der Waals surface area contributed by atoms with Crippen molar-refractivity contribution in [2.75, 3.05) is 11.4 Å². The van der Waals surface area contributed by atoms with E-state index >= 15 is 0 Å². The lowest BCUT2D eigenvalue weighted by Gasteiger charge is -2.23. The van der Waals surface area contributed by atoms with Gasteiger partial charge in [0.05, 0.1) is 5.69 Å². The maximum absolute atomic E-state index is 14.1. The van der Waals surface area contributed by atoms with Crippen LogP contribution < -0.4 is 15.8 Å². The number of hydrogen-bond donors (Lipinski definition) is 2. The van der Waals surface area contributed by atoms with Gasteiger partial charge in [-0.15, -0.1) is 0 Å². The molecule has 0 saturated heterocycles. The molecule has 0 aromatic heterocycles. The molecule has 6 nitrogen and oxygen atoms in total. The van der Waals surface area contributed by atoms with E-state index in [2.05, 4.69) is 26.8 Å². The van der Waals surface area contributed by atoms with Crippen LogP contribution >= 0.6 is 15.9 Å². The second-order valence-corrected chi connectivity index (χ2v) is 8.49. The van der Waals surface area contributed by atoms with E-state index in [4.69, 9.17) is 0 Å². The lowest BCUT2D eigenvalue weighted by atomic mass is 10.1. The molecule has 3 amide bonds. The number of para-hydroxylation sites is 1. The van der Waals surface area contributed by atoms with E-state index in [1.807, 2.05) is 6.07 Å². The number of nitrogens with zero attached hydrogens (tertiary/aromatic N) is 1. The molecule has 2 aromatic carbocycles. The first-order valence-corrected chi connectivity index (χ1v) is 10.8. The Morgan fingerprint density at radius 3 is 2.55 bits per heavy atom. The maximum atomic E-state index is 14.1. The van der Waals surface area contributed by atoms with Gasteiger partial charge in [-0.25, -0.2) is 4.39 Å². The summed E-state index contributed by atoms with van der Waals surface area (Å²) in [6, 6.07) is 11.6. The monoisotopic (exact) mass is 485 g/mol. The van der Waals surface area contributed by atoms with Gasteiger partial charge < -0.3 is 4.90 Å². The molecule has 1 saturated carbocycles. The summed E-state index contributed by atoms with van der Waals surface area (Å²) < 4.78 is 14.6. The number of amides is 3. The van der Waals surface area contributed by atoms with Gasteiger partial charge in [0.15, 0.2) is 0 Å². The number of anilines is 1. The molecule has 1 fully saturated rings. The van der Waals surface area contributed by atoms with Crippen LogP contribution in [0, 0.1) is 18.7 Å². The van der Waals surface area contributed by atoms with E-state index in [1.54, 1.807) is 42.2 Å². The van der Waals surface area contributed by atoms with Gasteiger partial charge in [0, 0.05) is 33.6 Å². The summed E-state index contributed by atoms with van der Waals surface area (Å²) in [5, 5.41) is 0. The zero-order chi connectivity index (χ0) is 22.1. The molecule has 0 atom stereocenters. The van der Waals surface area contributed by atoms with Crippen molar-refractivity contribution < 1.29 is 18.8 Å². The van der Waals surface area contributed by atoms with Gasteiger partial charge >= 0.3 is 0 Å². The highest BCUT2D eigenvalue weighted by atomic mass is 79.9. The Bertz CT molecular complexity index is 1110. The van der Waals surface area contributed by atoms with Crippen molar-refractivity contribution in [3.8, 4) is 0 Å². The van der Waals surface area contributed by atoms with Gasteiger partial charge in [-0.3, -0.25) is 25.2 Å². The third-order valence-corrected chi connectivity index (χ3v) is 6.37. The minimum Gasteiger partial charge on any atom is -0.307 e. The Kier molecular flexibility index (Phi) is 5.91. The predicted octanol–water partition coefficient (Wildman–Crippen LogP) is 3.85. The third-order valence-electron chi connectivity index (χ3n) is 5.47. The zero-order valence-electron chi connectivity index (χ0n) is 16.9. The maximum Gasteiger partial charge on any atom is 0.266 e. The second-order valence-electron chi connectivity index (χ2n) is 7.70. The molecule has 31 heavy (non-hydrogen) atoms. The Balaban J connectivity index is 1.61. The number of halogens is 2. The van der Waals surface area contributed by atoms with Crippen LogP contribution in [-0.4, -0.2) is 24.3 Å². The molecule has 2 aliphatic rings. The summed E-state index contributed by atoms with van der Waals surface area (Å²) in [5.41, 5.74) is 7.33. The van der Waals surface area contributed by atoms with Crippen molar-refractivity contribution in [1.82, 2.24) is 10.9 Å². The fourth-order valence-corrected chi connectivity index (χ4v) is 4.17. The van der Waals surface area contributed by atoms with Gasteiger partial charge in [0.1, 0.15) is 5.82 Å².